The normalized spacial score (nSPS) is 23.8. The Bertz CT molecular complexity index is 684. The zero-order valence-electron chi connectivity index (χ0n) is 15.3. The Kier molecular flexibility index (Phi) is 6.20. The smallest absolute Gasteiger partial charge is 0.213 e. The second kappa shape index (κ2) is 8.23. The fourth-order valence-corrected chi connectivity index (χ4v) is 5.06. The minimum Gasteiger partial charge on any atom is -0.494 e. The van der Waals surface area contributed by atoms with E-state index >= 15 is 0 Å². The van der Waals surface area contributed by atoms with E-state index in [1.165, 1.54) is 12.1 Å². The Morgan fingerprint density at radius 1 is 1.27 bits per heavy atom. The Balaban J connectivity index is 1.48. The third kappa shape index (κ3) is 4.75. The molecular formula is C19H28FNO4S. The van der Waals surface area contributed by atoms with Crippen molar-refractivity contribution in [3.05, 3.63) is 30.1 Å². The summed E-state index contributed by atoms with van der Waals surface area (Å²) in [5, 5.41) is 0. The standard InChI is InChI=1S/C19H28FNO4S/c1-2-26(22,23)21-11-9-19(10-12-21)15-16(8-14-25-19)7-13-24-18-5-3-17(20)4-6-18/h3-6,16H,2,7-15H2,1H3. The molecule has 7 heteroatoms. The molecule has 3 rings (SSSR count). The van der Waals surface area contributed by atoms with Crippen molar-refractivity contribution in [2.75, 3.05) is 32.1 Å². The van der Waals surface area contributed by atoms with E-state index in [1.54, 1.807) is 23.4 Å². The van der Waals surface area contributed by atoms with E-state index < -0.39 is 10.0 Å². The van der Waals surface area contributed by atoms with E-state index in [4.69, 9.17) is 9.47 Å². The summed E-state index contributed by atoms with van der Waals surface area (Å²) in [5.74, 6) is 1.09. The van der Waals surface area contributed by atoms with Crippen molar-refractivity contribution in [2.45, 2.75) is 44.6 Å². The Labute approximate surface area is 155 Å². The van der Waals surface area contributed by atoms with Gasteiger partial charge in [-0.1, -0.05) is 0 Å². The molecule has 1 aromatic carbocycles. The molecule has 0 amide bonds. The molecule has 26 heavy (non-hydrogen) atoms. The lowest BCUT2D eigenvalue weighted by Crippen LogP contribution is -2.51. The SMILES string of the molecule is CCS(=O)(=O)N1CCC2(CC1)CC(CCOc1ccc(F)cc1)CCO2. The molecule has 2 aliphatic rings. The van der Waals surface area contributed by atoms with Gasteiger partial charge in [0.15, 0.2) is 0 Å². The third-order valence-electron chi connectivity index (χ3n) is 5.60. The fourth-order valence-electron chi connectivity index (χ4n) is 3.95. The van der Waals surface area contributed by atoms with E-state index in [0.29, 0.717) is 31.4 Å². The van der Waals surface area contributed by atoms with Gasteiger partial charge in [-0.15, -0.1) is 0 Å². The minimum absolute atomic E-state index is 0.157. The monoisotopic (exact) mass is 385 g/mol. The average Bonchev–Trinajstić information content (AvgIpc) is 2.64. The highest BCUT2D eigenvalue weighted by Gasteiger charge is 2.42. The topological polar surface area (TPSA) is 55.8 Å². The van der Waals surface area contributed by atoms with Gasteiger partial charge in [0, 0.05) is 19.7 Å². The Morgan fingerprint density at radius 3 is 2.62 bits per heavy atom. The number of piperidine rings is 1. The van der Waals surface area contributed by atoms with Crippen molar-refractivity contribution in [3.63, 3.8) is 0 Å². The van der Waals surface area contributed by atoms with Crippen molar-refractivity contribution >= 4 is 10.0 Å². The molecule has 1 unspecified atom stereocenters. The summed E-state index contributed by atoms with van der Waals surface area (Å²) >= 11 is 0. The van der Waals surface area contributed by atoms with Crippen molar-refractivity contribution in [2.24, 2.45) is 5.92 Å². The number of hydrogen-bond acceptors (Lipinski definition) is 4. The van der Waals surface area contributed by atoms with Crippen LogP contribution < -0.4 is 4.74 Å². The molecule has 1 aromatic rings. The number of ether oxygens (including phenoxy) is 2. The van der Waals surface area contributed by atoms with Crippen molar-refractivity contribution in [1.29, 1.82) is 0 Å². The highest BCUT2D eigenvalue weighted by atomic mass is 32.2. The lowest BCUT2D eigenvalue weighted by Gasteiger charge is -2.45. The van der Waals surface area contributed by atoms with E-state index in [9.17, 15) is 12.8 Å². The quantitative estimate of drug-likeness (QED) is 0.755. The predicted octanol–water partition coefficient (Wildman–Crippen LogP) is 3.21. The summed E-state index contributed by atoms with van der Waals surface area (Å²) in [6.07, 6.45) is 4.42. The first-order valence-corrected chi connectivity index (χ1v) is 11.0. The van der Waals surface area contributed by atoms with Crippen LogP contribution in [0.5, 0.6) is 5.75 Å². The van der Waals surface area contributed by atoms with Gasteiger partial charge in [-0.3, -0.25) is 0 Å². The van der Waals surface area contributed by atoms with E-state index in [0.717, 1.165) is 38.7 Å². The van der Waals surface area contributed by atoms with Crippen LogP contribution in [0.1, 0.15) is 39.0 Å². The third-order valence-corrected chi connectivity index (χ3v) is 7.48. The zero-order valence-corrected chi connectivity index (χ0v) is 16.1. The summed E-state index contributed by atoms with van der Waals surface area (Å²) in [4.78, 5) is 0. The number of benzene rings is 1. The highest BCUT2D eigenvalue weighted by Crippen LogP contribution is 2.39. The Hall–Kier alpha value is -1.18. The highest BCUT2D eigenvalue weighted by molar-refractivity contribution is 7.89. The molecule has 1 atom stereocenters. The van der Waals surface area contributed by atoms with Crippen LogP contribution in [0, 0.1) is 11.7 Å². The van der Waals surface area contributed by atoms with Crippen LogP contribution in [0.2, 0.25) is 0 Å². The summed E-state index contributed by atoms with van der Waals surface area (Å²) < 4.78 is 50.4. The van der Waals surface area contributed by atoms with Gasteiger partial charge in [0.05, 0.1) is 18.0 Å². The minimum atomic E-state index is -3.11. The lowest BCUT2D eigenvalue weighted by atomic mass is 9.79. The van der Waals surface area contributed by atoms with Crippen LogP contribution in [0.25, 0.3) is 0 Å². The second-order valence-electron chi connectivity index (χ2n) is 7.28. The molecule has 0 radical (unpaired) electrons. The van der Waals surface area contributed by atoms with E-state index in [1.807, 2.05) is 0 Å². The Morgan fingerprint density at radius 2 is 1.96 bits per heavy atom. The summed E-state index contributed by atoms with van der Waals surface area (Å²) in [6, 6.07) is 6.09. The van der Waals surface area contributed by atoms with Crippen LogP contribution in [0.15, 0.2) is 24.3 Å². The van der Waals surface area contributed by atoms with E-state index in [2.05, 4.69) is 0 Å². The number of hydrogen-bond donors (Lipinski definition) is 0. The van der Waals surface area contributed by atoms with Crippen molar-refractivity contribution in [3.8, 4) is 5.75 Å². The number of halogens is 1. The first-order valence-electron chi connectivity index (χ1n) is 9.43. The lowest BCUT2D eigenvalue weighted by molar-refractivity contribution is -0.122. The molecule has 2 heterocycles. The molecule has 2 saturated heterocycles. The maximum absolute atomic E-state index is 12.9. The largest absolute Gasteiger partial charge is 0.494 e. The van der Waals surface area contributed by atoms with Gasteiger partial charge in [0.25, 0.3) is 0 Å². The van der Waals surface area contributed by atoms with Crippen molar-refractivity contribution < 1.29 is 22.3 Å². The van der Waals surface area contributed by atoms with Gasteiger partial charge in [0.1, 0.15) is 11.6 Å². The molecule has 0 bridgehead atoms. The summed E-state index contributed by atoms with van der Waals surface area (Å²) in [7, 11) is -3.11. The zero-order chi connectivity index (χ0) is 18.6. The van der Waals surface area contributed by atoms with Crippen LogP contribution in [0.4, 0.5) is 4.39 Å². The molecule has 2 aliphatic heterocycles. The van der Waals surface area contributed by atoms with Crippen molar-refractivity contribution in [1.82, 2.24) is 4.31 Å². The van der Waals surface area contributed by atoms with Crippen LogP contribution in [-0.2, 0) is 14.8 Å². The molecule has 0 aliphatic carbocycles. The predicted molar refractivity (Wildman–Crippen MR) is 98.2 cm³/mol. The maximum Gasteiger partial charge on any atom is 0.213 e. The van der Waals surface area contributed by atoms with Gasteiger partial charge in [-0.2, -0.15) is 0 Å². The van der Waals surface area contributed by atoms with Crippen LogP contribution in [-0.4, -0.2) is 50.4 Å². The molecule has 0 saturated carbocycles. The maximum atomic E-state index is 12.9. The number of nitrogens with zero attached hydrogens (tertiary/aromatic N) is 1. The fraction of sp³-hybridized carbons (Fsp3) is 0.684. The van der Waals surface area contributed by atoms with Crippen LogP contribution >= 0.6 is 0 Å². The molecule has 0 aromatic heterocycles. The van der Waals surface area contributed by atoms with Gasteiger partial charge in [0.2, 0.25) is 10.0 Å². The number of rotatable bonds is 6. The molecule has 5 nitrogen and oxygen atoms in total. The molecule has 146 valence electrons. The molecule has 2 fully saturated rings. The first kappa shape index (κ1) is 19.6. The van der Waals surface area contributed by atoms with Crippen LogP contribution in [0.3, 0.4) is 0 Å². The molecule has 0 N–H and O–H groups in total. The summed E-state index contributed by atoms with van der Waals surface area (Å²) in [6.45, 7) is 4.11. The van der Waals surface area contributed by atoms with Gasteiger partial charge >= 0.3 is 0 Å². The van der Waals surface area contributed by atoms with E-state index in [-0.39, 0.29) is 17.2 Å². The molecular weight excluding hydrogens is 357 g/mol. The van der Waals surface area contributed by atoms with Gasteiger partial charge in [-0.25, -0.2) is 17.1 Å². The first-order chi connectivity index (χ1) is 12.4. The number of sulfonamides is 1. The summed E-state index contributed by atoms with van der Waals surface area (Å²) in [5.41, 5.74) is -0.182. The second-order valence-corrected chi connectivity index (χ2v) is 9.54. The van der Waals surface area contributed by atoms with Gasteiger partial charge < -0.3 is 9.47 Å². The molecule has 1 spiro atoms. The average molecular weight is 386 g/mol. The van der Waals surface area contributed by atoms with Gasteiger partial charge in [-0.05, 0) is 69.2 Å².